The number of carbonyl (C=O) groups is 2. The molecule has 0 radical (unpaired) electrons. The van der Waals surface area contributed by atoms with E-state index in [0.717, 1.165) is 34.2 Å². The summed E-state index contributed by atoms with van der Waals surface area (Å²) in [7, 11) is 0. The molecule has 2 aromatic carbocycles. The quantitative estimate of drug-likeness (QED) is 0.452. The Hall–Kier alpha value is -3.94. The summed E-state index contributed by atoms with van der Waals surface area (Å²) in [6, 6.07) is 8.37. The Morgan fingerprint density at radius 2 is 1.55 bits per heavy atom. The average molecular weight is 418 g/mol. The van der Waals surface area contributed by atoms with Crippen LogP contribution in [0.1, 0.15) is 37.5 Å². The molecule has 6 nitrogen and oxygen atoms in total. The lowest BCUT2D eigenvalue weighted by Gasteiger charge is -2.15. The first kappa shape index (κ1) is 19.0. The van der Waals surface area contributed by atoms with Gasteiger partial charge in [-0.25, -0.2) is 23.3 Å². The smallest absolute Gasteiger partial charge is 0.267 e. The van der Waals surface area contributed by atoms with E-state index in [4.69, 9.17) is 0 Å². The van der Waals surface area contributed by atoms with Gasteiger partial charge in [0.15, 0.2) is 5.65 Å². The highest BCUT2D eigenvalue weighted by atomic mass is 19.1. The zero-order valence-electron chi connectivity index (χ0n) is 16.9. The van der Waals surface area contributed by atoms with Crippen molar-refractivity contribution in [3.8, 4) is 5.69 Å². The molecule has 154 valence electrons. The molecule has 5 rings (SSSR count). The lowest BCUT2D eigenvalue weighted by Crippen LogP contribution is -2.29. The predicted molar refractivity (Wildman–Crippen MR) is 111 cm³/mol. The number of hydrogen-bond acceptors (Lipinski definition) is 4. The summed E-state index contributed by atoms with van der Waals surface area (Å²) in [5, 5.41) is 4.72. The molecular weight excluding hydrogens is 402 g/mol. The predicted octanol–water partition coefficient (Wildman–Crippen LogP) is 4.42. The third kappa shape index (κ3) is 2.75. The third-order valence-corrected chi connectivity index (χ3v) is 5.56. The van der Waals surface area contributed by atoms with Crippen LogP contribution < -0.4 is 4.90 Å². The monoisotopic (exact) mass is 418 g/mol. The van der Waals surface area contributed by atoms with Crippen molar-refractivity contribution in [3.05, 3.63) is 82.2 Å². The molecule has 8 heteroatoms. The van der Waals surface area contributed by atoms with Gasteiger partial charge in [0.2, 0.25) is 0 Å². The fourth-order valence-corrected chi connectivity index (χ4v) is 3.90. The SMILES string of the molecule is Cc1ccc(N2C(=O)c3cnc4c(c(C)nn4-c4cc(F)cc(F)c4)c3C2=O)cc1C. The van der Waals surface area contributed by atoms with Crippen LogP contribution in [0.5, 0.6) is 0 Å². The van der Waals surface area contributed by atoms with Gasteiger partial charge in [-0.05, 0) is 56.2 Å². The van der Waals surface area contributed by atoms with Gasteiger partial charge in [-0.3, -0.25) is 9.59 Å². The molecule has 0 fully saturated rings. The molecule has 0 N–H and O–H groups in total. The molecule has 0 atom stereocenters. The first-order chi connectivity index (χ1) is 14.8. The van der Waals surface area contributed by atoms with Gasteiger partial charge in [-0.15, -0.1) is 0 Å². The number of aryl methyl sites for hydroxylation is 3. The lowest BCUT2D eigenvalue weighted by atomic mass is 10.1. The molecule has 1 aliphatic heterocycles. The first-order valence-electron chi connectivity index (χ1n) is 9.57. The number of imide groups is 1. The summed E-state index contributed by atoms with van der Waals surface area (Å²) in [4.78, 5) is 31.8. The summed E-state index contributed by atoms with van der Waals surface area (Å²) >= 11 is 0. The van der Waals surface area contributed by atoms with Crippen molar-refractivity contribution in [2.24, 2.45) is 0 Å². The Morgan fingerprint density at radius 1 is 0.839 bits per heavy atom. The Balaban J connectivity index is 1.71. The maximum Gasteiger partial charge on any atom is 0.267 e. The van der Waals surface area contributed by atoms with Gasteiger partial charge in [-0.2, -0.15) is 5.10 Å². The van der Waals surface area contributed by atoms with E-state index in [1.807, 2.05) is 19.9 Å². The van der Waals surface area contributed by atoms with Crippen molar-refractivity contribution >= 4 is 28.5 Å². The molecule has 3 heterocycles. The van der Waals surface area contributed by atoms with Crippen LogP contribution in [0.25, 0.3) is 16.7 Å². The second kappa shape index (κ2) is 6.53. The number of halogens is 2. The second-order valence-corrected chi connectivity index (χ2v) is 7.58. The van der Waals surface area contributed by atoms with Crippen LogP contribution in [-0.4, -0.2) is 26.6 Å². The fraction of sp³-hybridized carbons (Fsp3) is 0.130. The van der Waals surface area contributed by atoms with E-state index in [1.54, 1.807) is 19.1 Å². The largest absolute Gasteiger partial charge is 0.268 e. The van der Waals surface area contributed by atoms with Crippen molar-refractivity contribution < 1.29 is 18.4 Å². The zero-order valence-corrected chi connectivity index (χ0v) is 16.9. The van der Waals surface area contributed by atoms with Crippen molar-refractivity contribution in [1.29, 1.82) is 0 Å². The van der Waals surface area contributed by atoms with Gasteiger partial charge in [-0.1, -0.05) is 6.07 Å². The Morgan fingerprint density at radius 3 is 2.23 bits per heavy atom. The third-order valence-electron chi connectivity index (χ3n) is 5.56. The van der Waals surface area contributed by atoms with Crippen LogP contribution in [0.4, 0.5) is 14.5 Å². The van der Waals surface area contributed by atoms with Crippen molar-refractivity contribution in [2.45, 2.75) is 20.8 Å². The minimum atomic E-state index is -0.760. The molecule has 1 aliphatic rings. The molecular formula is C23H16F2N4O2. The zero-order chi connectivity index (χ0) is 22.0. The van der Waals surface area contributed by atoms with E-state index in [-0.39, 0.29) is 22.5 Å². The molecule has 4 aromatic rings. The van der Waals surface area contributed by atoms with Crippen molar-refractivity contribution in [3.63, 3.8) is 0 Å². The standard InChI is InChI=1S/C23H16F2N4O2/c1-11-4-5-16(6-12(11)2)28-22(30)18-10-26-21-19(20(18)23(28)31)13(3)27-29(21)17-8-14(24)7-15(25)9-17/h4-10H,1-3H3. The van der Waals surface area contributed by atoms with E-state index in [9.17, 15) is 18.4 Å². The van der Waals surface area contributed by atoms with Gasteiger partial charge < -0.3 is 0 Å². The lowest BCUT2D eigenvalue weighted by molar-refractivity contribution is 0.0926. The average Bonchev–Trinajstić information content (AvgIpc) is 3.18. The number of rotatable bonds is 2. The van der Waals surface area contributed by atoms with Gasteiger partial charge in [0.25, 0.3) is 11.8 Å². The molecule has 31 heavy (non-hydrogen) atoms. The van der Waals surface area contributed by atoms with Crippen LogP contribution in [-0.2, 0) is 0 Å². The molecule has 0 spiro atoms. The number of amides is 2. The second-order valence-electron chi connectivity index (χ2n) is 7.58. The number of pyridine rings is 1. The molecule has 2 aromatic heterocycles. The summed E-state index contributed by atoms with van der Waals surface area (Å²) in [6.07, 6.45) is 1.31. The number of aromatic nitrogens is 3. The highest BCUT2D eigenvalue weighted by Gasteiger charge is 2.40. The van der Waals surface area contributed by atoms with E-state index >= 15 is 0 Å². The Bertz CT molecular complexity index is 1420. The maximum atomic E-state index is 13.7. The first-order valence-corrected chi connectivity index (χ1v) is 9.57. The topological polar surface area (TPSA) is 68.1 Å². The summed E-state index contributed by atoms with van der Waals surface area (Å²) in [5.74, 6) is -2.47. The van der Waals surface area contributed by atoms with Gasteiger partial charge >= 0.3 is 0 Å². The summed E-state index contributed by atoms with van der Waals surface area (Å²) in [6.45, 7) is 5.51. The van der Waals surface area contributed by atoms with Gasteiger partial charge in [0.1, 0.15) is 11.6 Å². The van der Waals surface area contributed by atoms with E-state index in [2.05, 4.69) is 10.1 Å². The number of anilines is 1. The van der Waals surface area contributed by atoms with E-state index < -0.39 is 23.4 Å². The molecule has 0 aliphatic carbocycles. The van der Waals surface area contributed by atoms with Gasteiger partial charge in [0.05, 0.1) is 33.6 Å². The van der Waals surface area contributed by atoms with Crippen molar-refractivity contribution in [2.75, 3.05) is 4.90 Å². The fourth-order valence-electron chi connectivity index (χ4n) is 3.90. The number of benzene rings is 2. The van der Waals surface area contributed by atoms with E-state index in [0.29, 0.717) is 16.8 Å². The molecule has 0 unspecified atom stereocenters. The summed E-state index contributed by atoms with van der Waals surface area (Å²) < 4.78 is 28.8. The highest BCUT2D eigenvalue weighted by molar-refractivity contribution is 6.37. The van der Waals surface area contributed by atoms with Crippen molar-refractivity contribution in [1.82, 2.24) is 14.8 Å². The van der Waals surface area contributed by atoms with Crippen LogP contribution in [0.3, 0.4) is 0 Å². The molecule has 0 saturated heterocycles. The number of hydrogen-bond donors (Lipinski definition) is 0. The van der Waals surface area contributed by atoms with Crippen LogP contribution in [0.15, 0.2) is 42.6 Å². The maximum absolute atomic E-state index is 13.7. The van der Waals surface area contributed by atoms with E-state index in [1.165, 1.54) is 10.9 Å². The highest BCUT2D eigenvalue weighted by Crippen LogP contribution is 2.35. The molecule has 2 amide bonds. The van der Waals surface area contributed by atoms with Gasteiger partial charge in [0, 0.05) is 12.3 Å². The minimum Gasteiger partial charge on any atom is -0.268 e. The minimum absolute atomic E-state index is 0.130. The number of carbonyl (C=O) groups excluding carboxylic acids is 2. The number of nitrogens with zero attached hydrogens (tertiary/aromatic N) is 4. The number of fused-ring (bicyclic) bond motifs is 3. The Labute approximate surface area is 175 Å². The molecule has 0 bridgehead atoms. The normalized spacial score (nSPS) is 13.4. The van der Waals surface area contributed by atoms with Crippen LogP contribution in [0.2, 0.25) is 0 Å². The van der Waals surface area contributed by atoms with Crippen LogP contribution in [0, 0.1) is 32.4 Å². The van der Waals surface area contributed by atoms with Crippen LogP contribution >= 0.6 is 0 Å². The molecule has 0 saturated carbocycles. The summed E-state index contributed by atoms with van der Waals surface area (Å²) in [5.41, 5.74) is 3.62. The Kier molecular flexibility index (Phi) is 4.01.